The third-order valence-electron chi connectivity index (χ3n) is 4.09. The Morgan fingerprint density at radius 3 is 2.46 bits per heavy atom. The number of hydrogen-bond acceptors (Lipinski definition) is 3. The summed E-state index contributed by atoms with van der Waals surface area (Å²) in [6, 6.07) is 16.7. The molecule has 0 saturated carbocycles. The first-order valence-electron chi connectivity index (χ1n) is 8.34. The summed E-state index contributed by atoms with van der Waals surface area (Å²) in [4.78, 5) is 2.33. The van der Waals surface area contributed by atoms with Gasteiger partial charge in [0.2, 0.25) is 0 Å². The molecule has 0 aromatic heterocycles. The molecule has 5 heteroatoms. The molecule has 0 aliphatic carbocycles. The summed E-state index contributed by atoms with van der Waals surface area (Å²) < 4.78 is 5.39. The van der Waals surface area contributed by atoms with Gasteiger partial charge in [0.15, 0.2) is 5.11 Å². The fourth-order valence-corrected chi connectivity index (χ4v) is 2.98. The Morgan fingerprint density at radius 2 is 1.75 bits per heavy atom. The van der Waals surface area contributed by atoms with Gasteiger partial charge in [-0.3, -0.25) is 0 Å². The van der Waals surface area contributed by atoms with Gasteiger partial charge in [0, 0.05) is 30.2 Å². The number of aryl methyl sites for hydroxylation is 1. The summed E-state index contributed by atoms with van der Waals surface area (Å²) in [5.74, 6) is 0. The van der Waals surface area contributed by atoms with E-state index in [1.54, 1.807) is 0 Å². The molecule has 1 aliphatic rings. The van der Waals surface area contributed by atoms with Gasteiger partial charge in [-0.25, -0.2) is 0 Å². The first-order chi connectivity index (χ1) is 11.7. The number of anilines is 3. The van der Waals surface area contributed by atoms with Crippen molar-refractivity contribution in [3.05, 3.63) is 54.1 Å². The Labute approximate surface area is 148 Å². The van der Waals surface area contributed by atoms with Crippen LogP contribution in [0.3, 0.4) is 0 Å². The van der Waals surface area contributed by atoms with Crippen LogP contribution in [0.4, 0.5) is 17.1 Å². The first-order valence-corrected chi connectivity index (χ1v) is 8.75. The van der Waals surface area contributed by atoms with Crippen LogP contribution in [0, 0.1) is 0 Å². The zero-order valence-corrected chi connectivity index (χ0v) is 14.7. The molecule has 2 aromatic carbocycles. The van der Waals surface area contributed by atoms with Gasteiger partial charge in [0.1, 0.15) is 0 Å². The van der Waals surface area contributed by atoms with Gasteiger partial charge >= 0.3 is 0 Å². The van der Waals surface area contributed by atoms with Crippen LogP contribution >= 0.6 is 12.2 Å². The van der Waals surface area contributed by atoms with Crippen LogP contribution in [0.1, 0.15) is 12.5 Å². The number of morpholine rings is 1. The van der Waals surface area contributed by atoms with E-state index in [0.29, 0.717) is 5.11 Å². The second-order valence-corrected chi connectivity index (χ2v) is 6.19. The van der Waals surface area contributed by atoms with Gasteiger partial charge in [0.05, 0.1) is 13.2 Å². The molecule has 0 bridgehead atoms. The molecule has 1 aliphatic heterocycles. The Kier molecular flexibility index (Phi) is 5.67. The van der Waals surface area contributed by atoms with Crippen LogP contribution in [-0.4, -0.2) is 31.4 Å². The summed E-state index contributed by atoms with van der Waals surface area (Å²) >= 11 is 5.41. The highest BCUT2D eigenvalue weighted by Gasteiger charge is 2.10. The molecule has 2 N–H and O–H groups in total. The van der Waals surface area contributed by atoms with E-state index >= 15 is 0 Å². The van der Waals surface area contributed by atoms with E-state index in [2.05, 4.69) is 58.9 Å². The summed E-state index contributed by atoms with van der Waals surface area (Å²) in [5, 5.41) is 7.07. The van der Waals surface area contributed by atoms with Crippen molar-refractivity contribution in [1.82, 2.24) is 0 Å². The lowest BCUT2D eigenvalue weighted by Gasteiger charge is -2.29. The van der Waals surface area contributed by atoms with Crippen molar-refractivity contribution in [2.45, 2.75) is 13.3 Å². The predicted molar refractivity (Wildman–Crippen MR) is 105 cm³/mol. The number of thiocarbonyl (C=S) groups is 1. The normalized spacial score (nSPS) is 14.3. The molecule has 24 heavy (non-hydrogen) atoms. The molecule has 2 aromatic rings. The minimum absolute atomic E-state index is 0.599. The SMILES string of the molecule is CCc1cccc(NC(=S)Nc2ccc(N3CCOCC3)cc2)c1. The molecule has 126 valence electrons. The Hall–Kier alpha value is -2.11. The maximum absolute atomic E-state index is 5.41. The van der Waals surface area contributed by atoms with E-state index in [1.807, 2.05) is 12.1 Å². The fraction of sp³-hybridized carbons (Fsp3) is 0.316. The van der Waals surface area contributed by atoms with E-state index in [1.165, 1.54) is 11.3 Å². The molecule has 4 nitrogen and oxygen atoms in total. The largest absolute Gasteiger partial charge is 0.378 e. The number of benzene rings is 2. The predicted octanol–water partition coefficient (Wildman–Crippen LogP) is 3.89. The third kappa shape index (κ3) is 4.46. The summed E-state index contributed by atoms with van der Waals surface area (Å²) in [6.45, 7) is 5.63. The molecule has 1 fully saturated rings. The van der Waals surface area contributed by atoms with Gasteiger partial charge in [-0.05, 0) is 60.6 Å². The van der Waals surface area contributed by atoms with Crippen LogP contribution in [0.15, 0.2) is 48.5 Å². The van der Waals surface area contributed by atoms with Crippen LogP contribution in [0.2, 0.25) is 0 Å². The third-order valence-corrected chi connectivity index (χ3v) is 4.30. The minimum atomic E-state index is 0.599. The lowest BCUT2D eigenvalue weighted by atomic mass is 10.1. The Balaban J connectivity index is 1.57. The average molecular weight is 341 g/mol. The van der Waals surface area contributed by atoms with Crippen molar-refractivity contribution in [3.63, 3.8) is 0 Å². The number of rotatable bonds is 4. The molecular formula is C19H23N3OS. The van der Waals surface area contributed by atoms with Crippen LogP contribution < -0.4 is 15.5 Å². The maximum atomic E-state index is 5.41. The molecule has 3 rings (SSSR count). The highest BCUT2D eigenvalue weighted by molar-refractivity contribution is 7.80. The molecule has 1 heterocycles. The van der Waals surface area contributed by atoms with Gasteiger partial charge < -0.3 is 20.3 Å². The lowest BCUT2D eigenvalue weighted by Crippen LogP contribution is -2.36. The summed E-state index contributed by atoms with van der Waals surface area (Å²) in [7, 11) is 0. The first kappa shape index (κ1) is 16.7. The highest BCUT2D eigenvalue weighted by atomic mass is 32.1. The molecule has 0 radical (unpaired) electrons. The van der Waals surface area contributed by atoms with Crippen LogP contribution in [0.5, 0.6) is 0 Å². The van der Waals surface area contributed by atoms with Crippen molar-refractivity contribution in [2.24, 2.45) is 0 Å². The van der Waals surface area contributed by atoms with E-state index < -0.39 is 0 Å². The fourth-order valence-electron chi connectivity index (χ4n) is 2.74. The van der Waals surface area contributed by atoms with Gasteiger partial charge in [-0.15, -0.1) is 0 Å². The van der Waals surface area contributed by atoms with Crippen molar-refractivity contribution in [1.29, 1.82) is 0 Å². The van der Waals surface area contributed by atoms with E-state index in [9.17, 15) is 0 Å². The Bertz CT molecular complexity index is 681. The monoisotopic (exact) mass is 341 g/mol. The highest BCUT2D eigenvalue weighted by Crippen LogP contribution is 2.19. The van der Waals surface area contributed by atoms with E-state index in [0.717, 1.165) is 44.1 Å². The molecule has 0 atom stereocenters. The van der Waals surface area contributed by atoms with Crippen molar-refractivity contribution >= 4 is 34.4 Å². The zero-order valence-electron chi connectivity index (χ0n) is 13.9. The molecular weight excluding hydrogens is 318 g/mol. The van der Waals surface area contributed by atoms with Crippen molar-refractivity contribution < 1.29 is 4.74 Å². The number of hydrogen-bond donors (Lipinski definition) is 2. The Morgan fingerprint density at radius 1 is 1.04 bits per heavy atom. The number of ether oxygens (including phenoxy) is 1. The smallest absolute Gasteiger partial charge is 0.175 e. The topological polar surface area (TPSA) is 36.5 Å². The molecule has 1 saturated heterocycles. The zero-order chi connectivity index (χ0) is 16.8. The van der Waals surface area contributed by atoms with Gasteiger partial charge in [0.25, 0.3) is 0 Å². The van der Waals surface area contributed by atoms with E-state index in [4.69, 9.17) is 17.0 Å². The second kappa shape index (κ2) is 8.13. The minimum Gasteiger partial charge on any atom is -0.378 e. The standard InChI is InChI=1S/C19H23N3OS/c1-2-15-4-3-5-17(14-15)21-19(24)20-16-6-8-18(9-7-16)22-10-12-23-13-11-22/h3-9,14H,2,10-13H2,1H3,(H2,20,21,24). The molecule has 0 unspecified atom stereocenters. The van der Waals surface area contributed by atoms with E-state index in [-0.39, 0.29) is 0 Å². The van der Waals surface area contributed by atoms with Crippen LogP contribution in [0.25, 0.3) is 0 Å². The lowest BCUT2D eigenvalue weighted by molar-refractivity contribution is 0.122. The maximum Gasteiger partial charge on any atom is 0.175 e. The number of nitrogens with zero attached hydrogens (tertiary/aromatic N) is 1. The molecule has 0 amide bonds. The van der Waals surface area contributed by atoms with Crippen molar-refractivity contribution in [3.8, 4) is 0 Å². The molecule has 0 spiro atoms. The average Bonchev–Trinajstić information content (AvgIpc) is 2.63. The number of nitrogens with one attached hydrogen (secondary N) is 2. The van der Waals surface area contributed by atoms with Crippen LogP contribution in [-0.2, 0) is 11.2 Å². The summed E-state index contributed by atoms with van der Waals surface area (Å²) in [6.07, 6.45) is 1.01. The quantitative estimate of drug-likeness (QED) is 0.825. The second-order valence-electron chi connectivity index (χ2n) is 5.78. The van der Waals surface area contributed by atoms with Crippen molar-refractivity contribution in [2.75, 3.05) is 41.8 Å². The summed E-state index contributed by atoms with van der Waals surface area (Å²) in [5.41, 5.74) is 4.50. The van der Waals surface area contributed by atoms with Gasteiger partial charge in [-0.2, -0.15) is 0 Å². The van der Waals surface area contributed by atoms with Gasteiger partial charge in [-0.1, -0.05) is 19.1 Å².